The van der Waals surface area contributed by atoms with E-state index in [4.69, 9.17) is 44.9 Å². The number of rotatable bonds is 8. The first-order valence-electron chi connectivity index (χ1n) is 13.7. The molecule has 1 aliphatic heterocycles. The summed E-state index contributed by atoms with van der Waals surface area (Å²) in [5, 5.41) is 2.34. The number of carbonyl (C=O) groups is 2. The second kappa shape index (κ2) is 11.2. The summed E-state index contributed by atoms with van der Waals surface area (Å²) in [6.07, 6.45) is 8.28. The van der Waals surface area contributed by atoms with Crippen molar-refractivity contribution in [3.63, 3.8) is 0 Å². The molecule has 0 unspecified atom stereocenters. The highest BCUT2D eigenvalue weighted by atomic mass is 35.5. The topological polar surface area (TPSA) is 67.9 Å². The van der Waals surface area contributed by atoms with Crippen molar-refractivity contribution in [2.24, 2.45) is 23.2 Å². The second-order valence-corrected chi connectivity index (χ2v) is 13.8. The van der Waals surface area contributed by atoms with Gasteiger partial charge in [0.1, 0.15) is 6.61 Å². The van der Waals surface area contributed by atoms with Gasteiger partial charge >= 0.3 is 0 Å². The molecule has 2 aromatic rings. The van der Waals surface area contributed by atoms with Gasteiger partial charge in [-0.15, -0.1) is 0 Å². The number of thiocarbonyl (C=S) groups is 1. The van der Waals surface area contributed by atoms with Gasteiger partial charge in [0.2, 0.25) is 5.91 Å². The molecule has 4 saturated carbocycles. The minimum atomic E-state index is -0.361. The summed E-state index contributed by atoms with van der Waals surface area (Å²) in [7, 11) is 0. The summed E-state index contributed by atoms with van der Waals surface area (Å²) < 4.78 is 12.2. The van der Waals surface area contributed by atoms with E-state index in [-0.39, 0.29) is 23.8 Å². The number of carbonyl (C=O) groups excluding carboxylic acids is 2. The third kappa shape index (κ3) is 5.48. The first-order chi connectivity index (χ1) is 19.2. The Bertz CT molecular complexity index is 1380. The normalized spacial score (nSPS) is 27.9. The van der Waals surface area contributed by atoms with Crippen molar-refractivity contribution in [1.29, 1.82) is 0 Å². The second-order valence-electron chi connectivity index (χ2n) is 11.3. The third-order valence-corrected chi connectivity index (χ3v) is 10.4. The molecule has 210 valence electrons. The average Bonchev–Trinajstić information content (AvgIpc) is 3.15. The largest absolute Gasteiger partial charge is 0.490 e. The smallest absolute Gasteiger partial charge is 0.285 e. The van der Waals surface area contributed by atoms with Crippen LogP contribution in [0.3, 0.4) is 0 Å². The highest BCUT2D eigenvalue weighted by molar-refractivity contribution is 8.26. The quantitative estimate of drug-likeness (QED) is 0.246. The minimum absolute atomic E-state index is 0.0509. The highest BCUT2D eigenvalue weighted by Gasteiger charge is 2.55. The van der Waals surface area contributed by atoms with Crippen LogP contribution in [0.25, 0.3) is 6.08 Å². The Morgan fingerprint density at radius 3 is 2.42 bits per heavy atom. The Balaban J connectivity index is 1.15. The van der Waals surface area contributed by atoms with E-state index in [1.807, 2.05) is 25.1 Å². The fraction of sp³-hybridized carbons (Fsp3) is 0.433. The molecule has 10 heteroatoms. The molecule has 5 aliphatic rings. The Kier molecular flexibility index (Phi) is 7.81. The van der Waals surface area contributed by atoms with Gasteiger partial charge in [-0.2, -0.15) is 5.01 Å². The average molecular weight is 618 g/mol. The van der Waals surface area contributed by atoms with Crippen LogP contribution in [-0.2, 0) is 16.2 Å². The van der Waals surface area contributed by atoms with Gasteiger partial charge in [0.05, 0.1) is 16.9 Å². The molecule has 7 rings (SSSR count). The van der Waals surface area contributed by atoms with Crippen LogP contribution in [0.2, 0.25) is 10.0 Å². The van der Waals surface area contributed by atoms with Crippen molar-refractivity contribution in [2.45, 2.75) is 52.1 Å². The van der Waals surface area contributed by atoms with Crippen LogP contribution in [0.15, 0.2) is 41.3 Å². The summed E-state index contributed by atoms with van der Waals surface area (Å²) in [4.78, 5) is 27.3. The molecule has 1 N–H and O–H groups in total. The van der Waals surface area contributed by atoms with E-state index in [1.165, 1.54) is 36.0 Å². The molecule has 4 aliphatic carbocycles. The molecule has 1 heterocycles. The van der Waals surface area contributed by atoms with Gasteiger partial charge in [-0.05, 0) is 111 Å². The van der Waals surface area contributed by atoms with Crippen LogP contribution in [0.4, 0.5) is 0 Å². The summed E-state index contributed by atoms with van der Waals surface area (Å²) in [5.74, 6) is 2.65. The summed E-state index contributed by atoms with van der Waals surface area (Å²) >= 11 is 19.0. The summed E-state index contributed by atoms with van der Waals surface area (Å²) in [6.45, 7) is 2.58. The molecule has 40 heavy (non-hydrogen) atoms. The number of nitrogens with zero attached hydrogens (tertiary/aromatic N) is 1. The predicted molar refractivity (Wildman–Crippen MR) is 162 cm³/mol. The molecule has 2 aromatic carbocycles. The number of ether oxygens (including phenoxy) is 2. The lowest BCUT2D eigenvalue weighted by atomic mass is 9.49. The van der Waals surface area contributed by atoms with E-state index < -0.39 is 0 Å². The molecule has 0 aromatic heterocycles. The number of halogens is 2. The zero-order chi connectivity index (χ0) is 28.0. The van der Waals surface area contributed by atoms with E-state index >= 15 is 0 Å². The van der Waals surface area contributed by atoms with Crippen molar-refractivity contribution in [3.05, 3.63) is 62.5 Å². The number of amides is 2. The van der Waals surface area contributed by atoms with Crippen molar-refractivity contribution in [2.75, 3.05) is 6.61 Å². The van der Waals surface area contributed by atoms with Crippen molar-refractivity contribution >= 4 is 69.4 Å². The van der Waals surface area contributed by atoms with Crippen LogP contribution < -0.4 is 14.9 Å². The first kappa shape index (κ1) is 27.9. The molecule has 4 bridgehead atoms. The van der Waals surface area contributed by atoms with Gasteiger partial charge in [-0.25, -0.2) is 0 Å². The Hall–Kier alpha value is -2.26. The molecular formula is C30H30Cl2N2O4S2. The number of hydrogen-bond acceptors (Lipinski definition) is 6. The molecule has 6 nitrogen and oxygen atoms in total. The predicted octanol–water partition coefficient (Wildman–Crippen LogP) is 7.42. The number of benzene rings is 2. The molecule has 5 fully saturated rings. The zero-order valence-corrected chi connectivity index (χ0v) is 25.2. The van der Waals surface area contributed by atoms with Crippen LogP contribution in [-0.4, -0.2) is 27.8 Å². The molecule has 0 radical (unpaired) electrons. The van der Waals surface area contributed by atoms with Gasteiger partial charge < -0.3 is 9.47 Å². The van der Waals surface area contributed by atoms with Crippen LogP contribution in [0.5, 0.6) is 11.5 Å². The number of hydrogen-bond donors (Lipinski definition) is 1. The van der Waals surface area contributed by atoms with Gasteiger partial charge in [0.15, 0.2) is 15.8 Å². The van der Waals surface area contributed by atoms with Gasteiger partial charge in [0.25, 0.3) is 5.91 Å². The number of hydrazine groups is 1. The highest BCUT2D eigenvalue weighted by Crippen LogP contribution is 2.60. The maximum Gasteiger partial charge on any atom is 0.285 e. The Morgan fingerprint density at radius 2 is 1.77 bits per heavy atom. The summed E-state index contributed by atoms with van der Waals surface area (Å²) in [5.41, 5.74) is 4.11. The fourth-order valence-electron chi connectivity index (χ4n) is 7.12. The zero-order valence-electron chi connectivity index (χ0n) is 22.1. The summed E-state index contributed by atoms with van der Waals surface area (Å²) in [6, 6.07) is 10.7. The Morgan fingerprint density at radius 1 is 1.07 bits per heavy atom. The molecule has 1 saturated heterocycles. The molecule has 2 amide bonds. The lowest BCUT2D eigenvalue weighted by Crippen LogP contribution is -2.57. The van der Waals surface area contributed by atoms with Crippen molar-refractivity contribution in [3.8, 4) is 11.5 Å². The lowest BCUT2D eigenvalue weighted by molar-refractivity contribution is -0.152. The van der Waals surface area contributed by atoms with E-state index in [0.29, 0.717) is 55.1 Å². The van der Waals surface area contributed by atoms with Crippen molar-refractivity contribution in [1.82, 2.24) is 10.4 Å². The van der Waals surface area contributed by atoms with E-state index in [0.717, 1.165) is 30.4 Å². The Labute approximate surface area is 253 Å². The molecule has 0 spiro atoms. The van der Waals surface area contributed by atoms with E-state index in [2.05, 4.69) is 5.43 Å². The third-order valence-electron chi connectivity index (χ3n) is 8.49. The SMILES string of the molecule is CCOc1cc(/C=C2/SC(=S)N(NC(=O)C34CC5CC(CC(C5)C3)C4)C2=O)ccc1OCc1ccc(Cl)cc1Cl. The lowest BCUT2D eigenvalue weighted by Gasteiger charge is -2.55. The molecule has 0 atom stereocenters. The molecular weight excluding hydrogens is 587 g/mol. The van der Waals surface area contributed by atoms with E-state index in [9.17, 15) is 9.59 Å². The monoisotopic (exact) mass is 616 g/mol. The van der Waals surface area contributed by atoms with Crippen LogP contribution in [0, 0.1) is 23.2 Å². The van der Waals surface area contributed by atoms with Gasteiger partial charge in [0, 0.05) is 15.6 Å². The van der Waals surface area contributed by atoms with E-state index in [1.54, 1.807) is 24.3 Å². The first-order valence-corrected chi connectivity index (χ1v) is 15.6. The van der Waals surface area contributed by atoms with Gasteiger partial charge in [-0.3, -0.25) is 15.0 Å². The maximum absolute atomic E-state index is 13.5. The standard InChI is InChI=1S/C30H30Cl2N2O4S2/c1-2-37-25-10-17(3-6-24(25)38-16-21-4-5-22(31)12-23(21)32)11-26-27(35)34(29(39)40-26)33-28(36)30-13-18-7-19(14-30)9-20(8-18)15-30/h3-6,10-12,18-20H,2,7-9,13-16H2,1H3,(H,33,36)/b26-11+. The van der Waals surface area contributed by atoms with Crippen LogP contribution >= 0.6 is 47.2 Å². The van der Waals surface area contributed by atoms with Gasteiger partial charge in [-0.1, -0.05) is 47.1 Å². The number of thioether (sulfide) groups is 1. The number of nitrogens with one attached hydrogen (secondary N) is 1. The van der Waals surface area contributed by atoms with Crippen LogP contribution in [0.1, 0.15) is 56.6 Å². The van der Waals surface area contributed by atoms with Crippen molar-refractivity contribution < 1.29 is 19.1 Å². The minimum Gasteiger partial charge on any atom is -0.490 e. The maximum atomic E-state index is 13.5. The fourth-order valence-corrected chi connectivity index (χ4v) is 8.76.